The molecule has 1 N–H and O–H groups in total. The molecule has 0 spiro atoms. The van der Waals surface area contributed by atoms with Gasteiger partial charge in [0, 0.05) is 15.5 Å². The minimum Gasteiger partial charge on any atom is -0.311 e. The zero-order valence-electron chi connectivity index (χ0n) is 10.4. The second-order valence-corrected chi connectivity index (χ2v) is 6.17. The van der Waals surface area contributed by atoms with E-state index in [-0.39, 0.29) is 6.04 Å². The summed E-state index contributed by atoms with van der Waals surface area (Å²) < 4.78 is 0. The van der Waals surface area contributed by atoms with Crippen LogP contribution in [0.2, 0.25) is 10.0 Å². The van der Waals surface area contributed by atoms with Gasteiger partial charge in [-0.25, -0.2) is 4.98 Å². The fourth-order valence-electron chi connectivity index (χ4n) is 1.66. The Kier molecular flexibility index (Phi) is 4.28. The number of nitrogens with one attached hydrogen (secondary N) is 1. The van der Waals surface area contributed by atoms with E-state index >= 15 is 0 Å². The SMILES string of the molecule is CNC(C)c1nc(-c2ccc(Cl)cc2Cl)c(C)s1. The van der Waals surface area contributed by atoms with Crippen LogP contribution in [0.25, 0.3) is 11.3 Å². The van der Waals surface area contributed by atoms with Crippen molar-refractivity contribution in [2.75, 3.05) is 7.05 Å². The maximum atomic E-state index is 6.22. The molecule has 0 aliphatic heterocycles. The maximum absolute atomic E-state index is 6.22. The van der Waals surface area contributed by atoms with Gasteiger partial charge < -0.3 is 5.32 Å². The number of thiazole rings is 1. The Hall–Kier alpha value is -0.610. The summed E-state index contributed by atoms with van der Waals surface area (Å²) in [6.45, 7) is 4.15. The molecule has 0 amide bonds. The molecular formula is C13H14Cl2N2S. The van der Waals surface area contributed by atoms with Crippen LogP contribution in [-0.4, -0.2) is 12.0 Å². The Morgan fingerprint density at radius 3 is 2.67 bits per heavy atom. The van der Waals surface area contributed by atoms with Crippen molar-refractivity contribution in [1.29, 1.82) is 0 Å². The molecule has 0 saturated heterocycles. The van der Waals surface area contributed by atoms with E-state index in [2.05, 4.69) is 24.1 Å². The largest absolute Gasteiger partial charge is 0.311 e. The summed E-state index contributed by atoms with van der Waals surface area (Å²) in [6.07, 6.45) is 0. The van der Waals surface area contributed by atoms with Crippen molar-refractivity contribution in [1.82, 2.24) is 10.3 Å². The maximum Gasteiger partial charge on any atom is 0.110 e. The quantitative estimate of drug-likeness (QED) is 0.888. The molecule has 0 radical (unpaired) electrons. The highest BCUT2D eigenvalue weighted by molar-refractivity contribution is 7.12. The van der Waals surface area contributed by atoms with Crippen LogP contribution in [0.3, 0.4) is 0 Å². The van der Waals surface area contributed by atoms with Gasteiger partial charge in [0.2, 0.25) is 0 Å². The lowest BCUT2D eigenvalue weighted by Gasteiger charge is -2.05. The number of aromatic nitrogens is 1. The number of halogens is 2. The number of aryl methyl sites for hydroxylation is 1. The molecule has 0 aliphatic rings. The summed E-state index contributed by atoms with van der Waals surface area (Å²) in [5, 5.41) is 5.53. The summed E-state index contributed by atoms with van der Waals surface area (Å²) >= 11 is 13.8. The number of hydrogen-bond donors (Lipinski definition) is 1. The highest BCUT2D eigenvalue weighted by atomic mass is 35.5. The molecule has 5 heteroatoms. The molecule has 1 aromatic heterocycles. The van der Waals surface area contributed by atoms with Crippen LogP contribution in [0.15, 0.2) is 18.2 Å². The molecule has 2 nitrogen and oxygen atoms in total. The molecule has 1 atom stereocenters. The van der Waals surface area contributed by atoms with Gasteiger partial charge in [-0.05, 0) is 39.1 Å². The molecule has 0 fully saturated rings. The lowest BCUT2D eigenvalue weighted by atomic mass is 10.1. The second kappa shape index (κ2) is 5.57. The Balaban J connectivity index is 2.47. The van der Waals surface area contributed by atoms with Crippen molar-refractivity contribution in [3.63, 3.8) is 0 Å². The van der Waals surface area contributed by atoms with E-state index in [4.69, 9.17) is 23.2 Å². The van der Waals surface area contributed by atoms with Crippen molar-refractivity contribution in [3.05, 3.63) is 38.1 Å². The number of rotatable bonds is 3. The van der Waals surface area contributed by atoms with Crippen LogP contribution in [-0.2, 0) is 0 Å². The van der Waals surface area contributed by atoms with E-state index in [1.165, 1.54) is 0 Å². The average molecular weight is 301 g/mol. The Morgan fingerprint density at radius 1 is 1.33 bits per heavy atom. The molecule has 96 valence electrons. The Morgan fingerprint density at radius 2 is 2.06 bits per heavy atom. The van der Waals surface area contributed by atoms with Crippen molar-refractivity contribution in [2.45, 2.75) is 19.9 Å². The van der Waals surface area contributed by atoms with Gasteiger partial charge in [-0.3, -0.25) is 0 Å². The zero-order valence-corrected chi connectivity index (χ0v) is 12.7. The summed E-state index contributed by atoms with van der Waals surface area (Å²) in [6, 6.07) is 5.75. The first kappa shape index (κ1) is 13.8. The second-order valence-electron chi connectivity index (χ2n) is 4.09. The van der Waals surface area contributed by atoms with E-state index in [0.717, 1.165) is 21.1 Å². The third kappa shape index (κ3) is 2.69. The van der Waals surface area contributed by atoms with Gasteiger partial charge in [0.1, 0.15) is 5.01 Å². The van der Waals surface area contributed by atoms with Gasteiger partial charge in [0.05, 0.1) is 16.8 Å². The van der Waals surface area contributed by atoms with E-state index in [1.807, 2.05) is 19.2 Å². The highest BCUT2D eigenvalue weighted by Gasteiger charge is 2.15. The highest BCUT2D eigenvalue weighted by Crippen LogP contribution is 2.35. The van der Waals surface area contributed by atoms with E-state index in [1.54, 1.807) is 17.4 Å². The number of benzene rings is 1. The first-order chi connectivity index (χ1) is 8.52. The van der Waals surface area contributed by atoms with E-state index in [0.29, 0.717) is 10.0 Å². The molecule has 1 unspecified atom stereocenters. The molecule has 18 heavy (non-hydrogen) atoms. The van der Waals surface area contributed by atoms with Crippen molar-refractivity contribution in [3.8, 4) is 11.3 Å². The third-order valence-electron chi connectivity index (χ3n) is 2.80. The van der Waals surface area contributed by atoms with Crippen LogP contribution < -0.4 is 5.32 Å². The van der Waals surface area contributed by atoms with Gasteiger partial charge in [0.15, 0.2) is 0 Å². The van der Waals surface area contributed by atoms with Crippen LogP contribution >= 0.6 is 34.5 Å². The van der Waals surface area contributed by atoms with Crippen LogP contribution in [0.1, 0.15) is 22.9 Å². The van der Waals surface area contributed by atoms with E-state index in [9.17, 15) is 0 Å². The summed E-state index contributed by atoms with van der Waals surface area (Å²) in [7, 11) is 1.93. The summed E-state index contributed by atoms with van der Waals surface area (Å²) in [5.74, 6) is 0. The molecule has 1 aromatic carbocycles. The fourth-order valence-corrected chi connectivity index (χ4v) is 3.15. The predicted molar refractivity (Wildman–Crippen MR) is 79.8 cm³/mol. The van der Waals surface area contributed by atoms with Crippen molar-refractivity contribution in [2.24, 2.45) is 0 Å². The van der Waals surface area contributed by atoms with Crippen molar-refractivity contribution >= 4 is 34.5 Å². The first-order valence-electron chi connectivity index (χ1n) is 5.63. The first-order valence-corrected chi connectivity index (χ1v) is 7.20. The minimum atomic E-state index is 0.244. The summed E-state index contributed by atoms with van der Waals surface area (Å²) in [5.41, 5.74) is 1.88. The molecule has 0 saturated carbocycles. The van der Waals surface area contributed by atoms with Crippen molar-refractivity contribution < 1.29 is 0 Å². The average Bonchev–Trinajstić information content (AvgIpc) is 2.70. The molecule has 0 aliphatic carbocycles. The van der Waals surface area contributed by atoms with Gasteiger partial charge in [-0.15, -0.1) is 11.3 Å². The van der Waals surface area contributed by atoms with E-state index < -0.39 is 0 Å². The van der Waals surface area contributed by atoms with Gasteiger partial charge >= 0.3 is 0 Å². The van der Waals surface area contributed by atoms with Gasteiger partial charge in [0.25, 0.3) is 0 Å². The predicted octanol–water partition coefficient (Wildman–Crippen LogP) is 4.71. The smallest absolute Gasteiger partial charge is 0.110 e. The van der Waals surface area contributed by atoms with Gasteiger partial charge in [-0.1, -0.05) is 23.2 Å². The lowest BCUT2D eigenvalue weighted by Crippen LogP contribution is -2.11. The monoisotopic (exact) mass is 300 g/mol. The van der Waals surface area contributed by atoms with Crippen LogP contribution in [0.5, 0.6) is 0 Å². The van der Waals surface area contributed by atoms with Crippen LogP contribution in [0.4, 0.5) is 0 Å². The van der Waals surface area contributed by atoms with Crippen LogP contribution in [0, 0.1) is 6.92 Å². The molecule has 2 aromatic rings. The fraction of sp³-hybridized carbons (Fsp3) is 0.308. The summed E-state index contributed by atoms with van der Waals surface area (Å²) in [4.78, 5) is 5.83. The topological polar surface area (TPSA) is 24.9 Å². The third-order valence-corrected chi connectivity index (χ3v) is 4.50. The molecule has 0 bridgehead atoms. The molecular weight excluding hydrogens is 287 g/mol. The number of nitrogens with zero attached hydrogens (tertiary/aromatic N) is 1. The standard InChI is InChI=1S/C13H14Cl2N2S/c1-7(16-3)13-17-12(8(2)18-13)10-5-4-9(14)6-11(10)15/h4-7,16H,1-3H3. The molecule has 2 rings (SSSR count). The normalized spacial score (nSPS) is 12.7. The Labute approximate surface area is 121 Å². The van der Waals surface area contributed by atoms with Gasteiger partial charge in [-0.2, -0.15) is 0 Å². The lowest BCUT2D eigenvalue weighted by molar-refractivity contribution is 0.648. The zero-order chi connectivity index (χ0) is 13.3. The number of hydrogen-bond acceptors (Lipinski definition) is 3. The minimum absolute atomic E-state index is 0.244. The molecule has 1 heterocycles. The Bertz CT molecular complexity index is 566.